The number of nitrogens with zero attached hydrogens (tertiary/aromatic N) is 3. The van der Waals surface area contributed by atoms with Crippen LogP contribution in [0.1, 0.15) is 16.2 Å². The fourth-order valence-electron chi connectivity index (χ4n) is 2.05. The van der Waals surface area contributed by atoms with E-state index in [9.17, 15) is 18.0 Å². The summed E-state index contributed by atoms with van der Waals surface area (Å²) in [6, 6.07) is 6.78. The maximum Gasteiger partial charge on any atom is 0.269 e. The third-order valence-electron chi connectivity index (χ3n) is 3.23. The third-order valence-corrected chi connectivity index (χ3v) is 5.22. The van der Waals surface area contributed by atoms with E-state index < -0.39 is 38.7 Å². The minimum atomic E-state index is -4.01. The van der Waals surface area contributed by atoms with Gasteiger partial charge in [0.25, 0.3) is 5.78 Å². The van der Waals surface area contributed by atoms with Crippen molar-refractivity contribution >= 4 is 33.0 Å². The van der Waals surface area contributed by atoms with Crippen molar-refractivity contribution in [1.29, 1.82) is 0 Å². The van der Waals surface area contributed by atoms with Gasteiger partial charge in [-0.2, -0.15) is 5.21 Å². The monoisotopic (exact) mass is 380 g/mol. The molecule has 11 heteroatoms. The molecule has 2 aromatic heterocycles. The van der Waals surface area contributed by atoms with E-state index in [1.54, 1.807) is 0 Å². The van der Waals surface area contributed by atoms with Gasteiger partial charge < -0.3 is 4.42 Å². The van der Waals surface area contributed by atoms with Gasteiger partial charge in [0.15, 0.2) is 0 Å². The van der Waals surface area contributed by atoms with Crippen molar-refractivity contribution in [2.45, 2.75) is 16.4 Å². The molecule has 0 amide bonds. The molecule has 0 aliphatic carbocycles. The Hall–Kier alpha value is -2.85. The van der Waals surface area contributed by atoms with Crippen LogP contribution in [0.3, 0.4) is 0 Å². The maximum absolute atomic E-state index is 12.6. The van der Waals surface area contributed by atoms with Crippen molar-refractivity contribution in [1.82, 2.24) is 20.6 Å². The molecule has 0 bridgehead atoms. The van der Waals surface area contributed by atoms with E-state index in [4.69, 9.17) is 16.0 Å². The number of halogens is 1. The van der Waals surface area contributed by atoms with E-state index in [0.717, 1.165) is 6.26 Å². The molecule has 0 saturated heterocycles. The quantitative estimate of drug-likeness (QED) is 0.498. The Morgan fingerprint density at radius 2 is 1.88 bits per heavy atom. The predicted molar refractivity (Wildman–Crippen MR) is 82.8 cm³/mol. The molecule has 1 aromatic carbocycles. The number of ketones is 2. The second kappa shape index (κ2) is 6.57. The summed E-state index contributed by atoms with van der Waals surface area (Å²) in [4.78, 5) is 23.9. The predicted octanol–water partition coefficient (Wildman–Crippen LogP) is 1.27. The number of benzene rings is 1. The molecule has 25 heavy (non-hydrogen) atoms. The zero-order valence-corrected chi connectivity index (χ0v) is 13.9. The highest BCUT2D eigenvalue weighted by atomic mass is 35.5. The molecule has 1 N–H and O–H groups in total. The molecule has 2 heterocycles. The Morgan fingerprint density at radius 1 is 1.16 bits per heavy atom. The van der Waals surface area contributed by atoms with E-state index in [2.05, 4.69) is 20.6 Å². The normalized spacial score (nSPS) is 11.4. The Balaban J connectivity index is 1.89. The number of nitrogens with one attached hydrogen (secondary N) is 1. The van der Waals surface area contributed by atoms with Crippen molar-refractivity contribution < 1.29 is 22.4 Å². The van der Waals surface area contributed by atoms with E-state index in [-0.39, 0.29) is 10.5 Å². The summed E-state index contributed by atoms with van der Waals surface area (Å²) in [7, 11) is -4.01. The van der Waals surface area contributed by atoms with Crippen molar-refractivity contribution in [3.8, 4) is 0 Å². The van der Waals surface area contributed by atoms with Gasteiger partial charge in [0.1, 0.15) is 0 Å². The van der Waals surface area contributed by atoms with Crippen LogP contribution in [0.4, 0.5) is 0 Å². The number of H-pyrrole nitrogens is 1. The number of aromatic amines is 1. The fraction of sp³-hybridized carbons (Fsp3) is 0.0714. The van der Waals surface area contributed by atoms with Crippen LogP contribution in [0, 0.1) is 0 Å². The molecule has 3 aromatic rings. The molecule has 0 unspecified atom stereocenters. The molecule has 0 aliphatic heterocycles. The van der Waals surface area contributed by atoms with Gasteiger partial charge in [0.2, 0.25) is 26.5 Å². The number of hydrogen-bond acceptors (Lipinski definition) is 8. The zero-order chi connectivity index (χ0) is 18.0. The number of rotatable bonds is 6. The average Bonchev–Trinajstić information content (AvgIpc) is 3.26. The minimum absolute atomic E-state index is 0.0509. The minimum Gasteiger partial charge on any atom is -0.452 e. The number of Topliss-reactive ketones (excluding diaryl/α,β-unsaturated/α-hetero) is 2. The molecule has 0 fully saturated rings. The highest BCUT2D eigenvalue weighted by molar-refractivity contribution is 7.91. The topological polar surface area (TPSA) is 136 Å². The van der Waals surface area contributed by atoms with Crippen LogP contribution in [0.25, 0.3) is 0 Å². The standard InChI is InChI=1S/C14H9ClN4O5S/c15-9-1-3-10(4-2-9)25(22,23)14-8(5-6-24-14)7-11(20)12(21)13-16-18-19-17-13/h1-6H,7H2,(H,16,17,18,19). The van der Waals surface area contributed by atoms with Gasteiger partial charge in [-0.3, -0.25) is 9.59 Å². The SMILES string of the molecule is O=C(Cc1ccoc1S(=O)(=O)c1ccc(Cl)cc1)C(=O)c1nn[nH]n1. The van der Waals surface area contributed by atoms with Crippen LogP contribution in [0.15, 0.2) is 51.0 Å². The van der Waals surface area contributed by atoms with Gasteiger partial charge in [0, 0.05) is 17.0 Å². The maximum atomic E-state index is 12.6. The van der Waals surface area contributed by atoms with E-state index in [1.165, 1.54) is 30.3 Å². The second-order valence-electron chi connectivity index (χ2n) is 4.86. The Bertz CT molecular complexity index is 1030. The van der Waals surface area contributed by atoms with Crippen molar-refractivity contribution in [2.24, 2.45) is 0 Å². The van der Waals surface area contributed by atoms with E-state index in [0.29, 0.717) is 5.02 Å². The lowest BCUT2D eigenvalue weighted by Crippen LogP contribution is -2.19. The van der Waals surface area contributed by atoms with Crippen LogP contribution < -0.4 is 0 Å². The molecule has 0 saturated carbocycles. The van der Waals surface area contributed by atoms with Crippen molar-refractivity contribution in [2.75, 3.05) is 0 Å². The number of furan rings is 1. The summed E-state index contributed by atoms with van der Waals surface area (Å²) in [6.07, 6.45) is 0.649. The number of carbonyl (C=O) groups excluding carboxylic acids is 2. The van der Waals surface area contributed by atoms with Gasteiger partial charge in [-0.05, 0) is 35.5 Å². The smallest absolute Gasteiger partial charge is 0.269 e. The first-order chi connectivity index (χ1) is 11.9. The lowest BCUT2D eigenvalue weighted by atomic mass is 10.1. The van der Waals surface area contributed by atoms with E-state index in [1.807, 2.05) is 0 Å². The number of aromatic nitrogens is 4. The number of tetrazole rings is 1. The molecule has 0 radical (unpaired) electrons. The van der Waals surface area contributed by atoms with Gasteiger partial charge in [0.05, 0.1) is 11.2 Å². The first-order valence-electron chi connectivity index (χ1n) is 6.77. The van der Waals surface area contributed by atoms with Crippen molar-refractivity contribution in [3.05, 3.63) is 53.0 Å². The summed E-state index contributed by atoms with van der Waals surface area (Å²) in [5, 5.41) is 12.1. The number of hydrogen-bond donors (Lipinski definition) is 1. The first kappa shape index (κ1) is 17.0. The molecule has 0 atom stereocenters. The largest absolute Gasteiger partial charge is 0.452 e. The zero-order valence-electron chi connectivity index (χ0n) is 12.3. The summed E-state index contributed by atoms with van der Waals surface area (Å²) < 4.78 is 30.3. The van der Waals surface area contributed by atoms with Gasteiger partial charge in [-0.1, -0.05) is 11.6 Å². The molecule has 0 spiro atoms. The molecule has 9 nitrogen and oxygen atoms in total. The van der Waals surface area contributed by atoms with Gasteiger partial charge in [-0.15, -0.1) is 10.2 Å². The second-order valence-corrected chi connectivity index (χ2v) is 7.14. The lowest BCUT2D eigenvalue weighted by molar-refractivity contribution is -0.114. The summed E-state index contributed by atoms with van der Waals surface area (Å²) in [5.41, 5.74) is 0.0526. The van der Waals surface area contributed by atoms with Crippen LogP contribution in [0.5, 0.6) is 0 Å². The van der Waals surface area contributed by atoms with E-state index >= 15 is 0 Å². The third kappa shape index (κ3) is 3.35. The highest BCUT2D eigenvalue weighted by Gasteiger charge is 2.28. The first-order valence-corrected chi connectivity index (χ1v) is 8.63. The molecular weight excluding hydrogens is 372 g/mol. The van der Waals surface area contributed by atoms with Crippen LogP contribution >= 0.6 is 11.6 Å². The lowest BCUT2D eigenvalue weighted by Gasteiger charge is -2.04. The Kier molecular flexibility index (Phi) is 4.47. The molecule has 0 aliphatic rings. The molecule has 128 valence electrons. The molecular formula is C14H9ClN4O5S. The summed E-state index contributed by atoms with van der Waals surface area (Å²) >= 11 is 5.75. The molecule has 3 rings (SSSR count). The number of sulfone groups is 1. The van der Waals surface area contributed by atoms with Crippen LogP contribution in [0.2, 0.25) is 5.02 Å². The Labute approximate surface area is 145 Å². The highest BCUT2D eigenvalue weighted by Crippen LogP contribution is 2.26. The van der Waals surface area contributed by atoms with Gasteiger partial charge in [-0.25, -0.2) is 8.42 Å². The summed E-state index contributed by atoms with van der Waals surface area (Å²) in [6.45, 7) is 0. The van der Waals surface area contributed by atoms with Gasteiger partial charge >= 0.3 is 0 Å². The average molecular weight is 381 g/mol. The Morgan fingerprint density at radius 3 is 2.52 bits per heavy atom. The fourth-order valence-corrected chi connectivity index (χ4v) is 3.55. The van der Waals surface area contributed by atoms with Crippen LogP contribution in [-0.4, -0.2) is 40.6 Å². The van der Waals surface area contributed by atoms with Crippen LogP contribution in [-0.2, 0) is 21.1 Å². The van der Waals surface area contributed by atoms with Crippen molar-refractivity contribution in [3.63, 3.8) is 0 Å². The summed E-state index contributed by atoms with van der Waals surface area (Å²) in [5.74, 6) is -2.27. The number of carbonyl (C=O) groups is 2.